The third-order valence-corrected chi connectivity index (χ3v) is 5.86. The van der Waals surface area contributed by atoms with Crippen LogP contribution in [0.5, 0.6) is 0 Å². The second-order valence-corrected chi connectivity index (χ2v) is 7.24. The van der Waals surface area contributed by atoms with Crippen molar-refractivity contribution in [2.24, 2.45) is 0 Å². The molecule has 1 aromatic rings. The summed E-state index contributed by atoms with van der Waals surface area (Å²) >= 11 is 1.61. The van der Waals surface area contributed by atoms with Crippen LogP contribution < -0.4 is 5.32 Å². The number of hydrogen-bond acceptors (Lipinski definition) is 4. The van der Waals surface area contributed by atoms with Crippen molar-refractivity contribution in [1.82, 2.24) is 5.32 Å². The highest BCUT2D eigenvalue weighted by atomic mass is 32.2. The molecule has 1 aliphatic rings. The molecular formula is C10H15NO2S2. The van der Waals surface area contributed by atoms with Gasteiger partial charge < -0.3 is 5.32 Å². The van der Waals surface area contributed by atoms with Crippen molar-refractivity contribution in [3.8, 4) is 0 Å². The van der Waals surface area contributed by atoms with Crippen molar-refractivity contribution in [2.75, 3.05) is 12.3 Å². The van der Waals surface area contributed by atoms with E-state index < -0.39 is 9.84 Å². The number of sulfone groups is 1. The van der Waals surface area contributed by atoms with Crippen LogP contribution in [0.25, 0.3) is 0 Å². The molecule has 5 heteroatoms. The lowest BCUT2D eigenvalue weighted by Crippen LogP contribution is -2.25. The van der Waals surface area contributed by atoms with Gasteiger partial charge in [0.1, 0.15) is 0 Å². The van der Waals surface area contributed by atoms with Gasteiger partial charge in [0, 0.05) is 6.04 Å². The van der Waals surface area contributed by atoms with Gasteiger partial charge in [0.05, 0.1) is 11.0 Å². The maximum atomic E-state index is 11.9. The molecule has 2 rings (SSSR count). The zero-order valence-electron chi connectivity index (χ0n) is 8.64. The summed E-state index contributed by atoms with van der Waals surface area (Å²) in [4.78, 5) is 0. The molecule has 0 aromatic carbocycles. The van der Waals surface area contributed by atoms with Crippen molar-refractivity contribution in [2.45, 2.75) is 24.6 Å². The smallest absolute Gasteiger partial charge is 0.154 e. The number of hydrogen-bond donors (Lipinski definition) is 1. The summed E-state index contributed by atoms with van der Waals surface area (Å²) in [5, 5.41) is 7.08. The lowest BCUT2D eigenvalue weighted by molar-refractivity contribution is 0.573. The summed E-state index contributed by atoms with van der Waals surface area (Å²) in [6.07, 6.45) is 0.711. The van der Waals surface area contributed by atoms with E-state index in [9.17, 15) is 8.42 Å². The minimum absolute atomic E-state index is 0.0220. The van der Waals surface area contributed by atoms with Crippen LogP contribution in [0, 0.1) is 0 Å². The first-order valence-electron chi connectivity index (χ1n) is 5.06. The Bertz CT molecular complexity index is 411. The highest BCUT2D eigenvalue weighted by Gasteiger charge is 2.29. The van der Waals surface area contributed by atoms with E-state index in [1.165, 1.54) is 0 Å². The van der Waals surface area contributed by atoms with Gasteiger partial charge in [0.15, 0.2) is 9.84 Å². The molecule has 2 atom stereocenters. The standard InChI is InChI=1S/C10H15NO2S2/c1-8-2-4-11-10(7-15(8,12)13)9-3-5-14-6-9/h3,5-6,8,10-11H,2,4,7H2,1H3. The molecule has 0 amide bonds. The Kier molecular flexibility index (Phi) is 3.13. The lowest BCUT2D eigenvalue weighted by Gasteiger charge is -2.13. The molecule has 0 aliphatic carbocycles. The molecule has 15 heavy (non-hydrogen) atoms. The average Bonchev–Trinajstić information content (AvgIpc) is 2.64. The number of nitrogens with one attached hydrogen (secondary N) is 1. The van der Waals surface area contributed by atoms with Crippen LogP contribution >= 0.6 is 11.3 Å². The average molecular weight is 245 g/mol. The van der Waals surface area contributed by atoms with Crippen LogP contribution in [0.2, 0.25) is 0 Å². The molecule has 0 spiro atoms. The van der Waals surface area contributed by atoms with Crippen molar-refractivity contribution in [3.63, 3.8) is 0 Å². The zero-order chi connectivity index (χ0) is 10.9. The van der Waals surface area contributed by atoms with E-state index in [0.29, 0.717) is 6.42 Å². The van der Waals surface area contributed by atoms with Crippen LogP contribution in [-0.2, 0) is 9.84 Å². The fourth-order valence-electron chi connectivity index (χ4n) is 1.78. The minimum Gasteiger partial charge on any atom is -0.309 e. The predicted octanol–water partition coefficient (Wildman–Crippen LogP) is 1.59. The van der Waals surface area contributed by atoms with E-state index in [2.05, 4.69) is 5.32 Å². The van der Waals surface area contributed by atoms with Gasteiger partial charge in [0.2, 0.25) is 0 Å². The van der Waals surface area contributed by atoms with Crippen molar-refractivity contribution in [3.05, 3.63) is 22.4 Å². The van der Waals surface area contributed by atoms with E-state index >= 15 is 0 Å². The Balaban J connectivity index is 2.23. The van der Waals surface area contributed by atoms with Gasteiger partial charge in [-0.2, -0.15) is 11.3 Å². The molecule has 84 valence electrons. The highest BCUT2D eigenvalue weighted by Crippen LogP contribution is 2.23. The molecule has 1 saturated heterocycles. The summed E-state index contributed by atoms with van der Waals surface area (Å²) in [6, 6.07) is 1.97. The second kappa shape index (κ2) is 4.23. The van der Waals surface area contributed by atoms with Gasteiger partial charge in [-0.25, -0.2) is 8.42 Å². The molecule has 1 aromatic heterocycles. The molecule has 2 unspecified atom stereocenters. The maximum absolute atomic E-state index is 11.9. The van der Waals surface area contributed by atoms with Gasteiger partial charge in [-0.3, -0.25) is 0 Å². The molecular weight excluding hydrogens is 230 g/mol. The van der Waals surface area contributed by atoms with Gasteiger partial charge in [-0.15, -0.1) is 0 Å². The molecule has 1 fully saturated rings. The summed E-state index contributed by atoms with van der Waals surface area (Å²) in [7, 11) is -2.93. The summed E-state index contributed by atoms with van der Waals surface area (Å²) in [5.74, 6) is 0.227. The van der Waals surface area contributed by atoms with E-state index in [4.69, 9.17) is 0 Å². The van der Waals surface area contributed by atoms with Gasteiger partial charge in [-0.1, -0.05) is 0 Å². The first-order chi connectivity index (χ1) is 7.09. The Labute approximate surface area is 94.4 Å². The number of thiophene rings is 1. The van der Waals surface area contributed by atoms with Crippen LogP contribution in [0.15, 0.2) is 16.8 Å². The van der Waals surface area contributed by atoms with Crippen LogP contribution in [0.3, 0.4) is 0 Å². The highest BCUT2D eigenvalue weighted by molar-refractivity contribution is 7.92. The molecule has 1 N–H and O–H groups in total. The molecule has 0 saturated carbocycles. The van der Waals surface area contributed by atoms with Gasteiger partial charge >= 0.3 is 0 Å². The van der Waals surface area contributed by atoms with Crippen LogP contribution in [0.4, 0.5) is 0 Å². The Hall–Kier alpha value is -0.390. The van der Waals surface area contributed by atoms with Crippen molar-refractivity contribution in [1.29, 1.82) is 0 Å². The van der Waals surface area contributed by atoms with E-state index in [-0.39, 0.29) is 17.0 Å². The molecule has 1 aliphatic heterocycles. The summed E-state index contributed by atoms with van der Waals surface area (Å²) < 4.78 is 23.7. The summed E-state index contributed by atoms with van der Waals surface area (Å²) in [5.41, 5.74) is 1.10. The third-order valence-electron chi connectivity index (χ3n) is 2.90. The third kappa shape index (κ3) is 2.41. The fraction of sp³-hybridized carbons (Fsp3) is 0.600. The van der Waals surface area contributed by atoms with Crippen molar-refractivity contribution < 1.29 is 8.42 Å². The second-order valence-electron chi connectivity index (χ2n) is 3.99. The molecule has 2 heterocycles. The minimum atomic E-state index is -2.93. The zero-order valence-corrected chi connectivity index (χ0v) is 10.3. The fourth-order valence-corrected chi connectivity index (χ4v) is 4.08. The quantitative estimate of drug-likeness (QED) is 0.817. The Morgan fingerprint density at radius 3 is 3.00 bits per heavy atom. The maximum Gasteiger partial charge on any atom is 0.154 e. The Morgan fingerprint density at radius 2 is 2.33 bits per heavy atom. The van der Waals surface area contributed by atoms with Crippen LogP contribution in [-0.4, -0.2) is 26.0 Å². The number of rotatable bonds is 1. The van der Waals surface area contributed by atoms with Crippen LogP contribution in [0.1, 0.15) is 24.9 Å². The van der Waals surface area contributed by atoms with E-state index in [0.717, 1.165) is 12.1 Å². The van der Waals surface area contributed by atoms with E-state index in [1.807, 2.05) is 16.8 Å². The topological polar surface area (TPSA) is 46.2 Å². The summed E-state index contributed by atoms with van der Waals surface area (Å²) in [6.45, 7) is 2.58. The lowest BCUT2D eigenvalue weighted by atomic mass is 10.2. The first kappa shape index (κ1) is 11.1. The SMILES string of the molecule is CC1CCNC(c2ccsc2)CS1(=O)=O. The Morgan fingerprint density at radius 1 is 1.53 bits per heavy atom. The normalized spacial score (nSPS) is 31.0. The first-order valence-corrected chi connectivity index (χ1v) is 7.72. The molecule has 3 nitrogen and oxygen atoms in total. The van der Waals surface area contributed by atoms with Gasteiger partial charge in [-0.05, 0) is 42.3 Å². The van der Waals surface area contributed by atoms with Gasteiger partial charge in [0.25, 0.3) is 0 Å². The largest absolute Gasteiger partial charge is 0.309 e. The monoisotopic (exact) mass is 245 g/mol. The van der Waals surface area contributed by atoms with E-state index in [1.54, 1.807) is 18.3 Å². The predicted molar refractivity (Wildman–Crippen MR) is 62.9 cm³/mol. The molecule has 0 radical (unpaired) electrons. The van der Waals surface area contributed by atoms with Crippen molar-refractivity contribution >= 4 is 21.2 Å². The molecule has 0 bridgehead atoms.